The molecule has 0 saturated carbocycles. The number of amides is 2. The molecule has 6 heteroatoms. The monoisotopic (exact) mass is 278 g/mol. The van der Waals surface area contributed by atoms with Gasteiger partial charge in [-0.2, -0.15) is 0 Å². The van der Waals surface area contributed by atoms with Crippen LogP contribution in [0.5, 0.6) is 0 Å². The summed E-state index contributed by atoms with van der Waals surface area (Å²) in [5, 5.41) is 5.18. The zero-order valence-corrected chi connectivity index (χ0v) is 11.7. The van der Waals surface area contributed by atoms with Crippen molar-refractivity contribution in [3.63, 3.8) is 0 Å². The van der Waals surface area contributed by atoms with Crippen LogP contribution < -0.4 is 10.6 Å². The largest absolute Gasteiger partial charge is 0.465 e. The van der Waals surface area contributed by atoms with Crippen molar-refractivity contribution in [2.24, 2.45) is 0 Å². The van der Waals surface area contributed by atoms with E-state index in [1.807, 2.05) is 13.8 Å². The van der Waals surface area contributed by atoms with Gasteiger partial charge >= 0.3 is 5.97 Å². The van der Waals surface area contributed by atoms with Crippen molar-refractivity contribution in [3.8, 4) is 0 Å². The van der Waals surface area contributed by atoms with E-state index in [2.05, 4.69) is 15.4 Å². The lowest BCUT2D eigenvalue weighted by molar-refractivity contribution is -0.127. The molecule has 6 nitrogen and oxygen atoms in total. The van der Waals surface area contributed by atoms with Crippen molar-refractivity contribution in [2.75, 3.05) is 12.4 Å². The molecule has 0 radical (unpaired) electrons. The molecule has 0 fully saturated rings. The molecule has 1 aromatic carbocycles. The van der Waals surface area contributed by atoms with E-state index in [0.717, 1.165) is 0 Å². The number of hydrogen-bond acceptors (Lipinski definition) is 4. The predicted molar refractivity (Wildman–Crippen MR) is 74.3 cm³/mol. The summed E-state index contributed by atoms with van der Waals surface area (Å²) in [6.45, 7) is 3.63. The average Bonchev–Trinajstić information content (AvgIpc) is 2.36. The van der Waals surface area contributed by atoms with Crippen LogP contribution in [-0.4, -0.2) is 30.9 Å². The third kappa shape index (κ3) is 5.09. The lowest BCUT2D eigenvalue weighted by Gasteiger charge is -2.09. The Hall–Kier alpha value is -2.37. The summed E-state index contributed by atoms with van der Waals surface area (Å²) in [5.41, 5.74) is 0.771. The number of carbonyl (C=O) groups is 3. The number of nitrogens with one attached hydrogen (secondary N) is 2. The Morgan fingerprint density at radius 3 is 2.50 bits per heavy atom. The van der Waals surface area contributed by atoms with Gasteiger partial charge in [-0.3, -0.25) is 9.59 Å². The lowest BCUT2D eigenvalue weighted by atomic mass is 10.2. The molecule has 0 spiro atoms. The Morgan fingerprint density at radius 1 is 1.20 bits per heavy atom. The van der Waals surface area contributed by atoms with Crippen LogP contribution in [0, 0.1) is 0 Å². The number of carbonyl (C=O) groups excluding carboxylic acids is 3. The first-order chi connectivity index (χ1) is 9.42. The number of anilines is 1. The first-order valence-corrected chi connectivity index (χ1v) is 6.20. The van der Waals surface area contributed by atoms with Crippen molar-refractivity contribution in [1.82, 2.24) is 5.32 Å². The predicted octanol–water partition coefficient (Wildman–Crippen LogP) is 1.33. The minimum atomic E-state index is -0.487. The summed E-state index contributed by atoms with van der Waals surface area (Å²) >= 11 is 0. The Bertz CT molecular complexity index is 512. The topological polar surface area (TPSA) is 84.5 Å². The third-order valence-corrected chi connectivity index (χ3v) is 2.34. The molecule has 0 aliphatic heterocycles. The van der Waals surface area contributed by atoms with Crippen molar-refractivity contribution in [1.29, 1.82) is 0 Å². The van der Waals surface area contributed by atoms with Gasteiger partial charge in [-0.05, 0) is 32.0 Å². The van der Waals surface area contributed by atoms with Gasteiger partial charge in [0.1, 0.15) is 6.42 Å². The molecule has 2 N–H and O–H groups in total. The maximum atomic E-state index is 11.7. The van der Waals surface area contributed by atoms with Crippen LogP contribution in [0.25, 0.3) is 0 Å². The summed E-state index contributed by atoms with van der Waals surface area (Å²) in [5.74, 6) is -1.27. The molecule has 0 aromatic heterocycles. The molecule has 20 heavy (non-hydrogen) atoms. The van der Waals surface area contributed by atoms with Crippen molar-refractivity contribution in [3.05, 3.63) is 29.8 Å². The highest BCUT2D eigenvalue weighted by molar-refractivity contribution is 6.04. The fourth-order valence-corrected chi connectivity index (χ4v) is 1.57. The Morgan fingerprint density at radius 2 is 1.90 bits per heavy atom. The lowest BCUT2D eigenvalue weighted by Crippen LogP contribution is -2.33. The van der Waals surface area contributed by atoms with Crippen LogP contribution in [0.3, 0.4) is 0 Å². The second-order valence-electron chi connectivity index (χ2n) is 4.52. The number of rotatable bonds is 5. The van der Waals surface area contributed by atoms with Crippen LogP contribution in [0.15, 0.2) is 24.3 Å². The molecule has 0 aliphatic carbocycles. The average molecular weight is 278 g/mol. The number of ether oxygens (including phenoxy) is 1. The van der Waals surface area contributed by atoms with Crippen LogP contribution in [0.1, 0.15) is 30.6 Å². The zero-order chi connectivity index (χ0) is 15.1. The fraction of sp³-hybridized carbons (Fsp3) is 0.357. The van der Waals surface area contributed by atoms with Gasteiger partial charge < -0.3 is 15.4 Å². The molecule has 0 saturated heterocycles. The first-order valence-electron chi connectivity index (χ1n) is 6.20. The van der Waals surface area contributed by atoms with E-state index in [4.69, 9.17) is 0 Å². The highest BCUT2D eigenvalue weighted by Gasteiger charge is 2.11. The maximum absolute atomic E-state index is 11.7. The minimum Gasteiger partial charge on any atom is -0.465 e. The Kier molecular flexibility index (Phi) is 5.71. The van der Waals surface area contributed by atoms with E-state index >= 15 is 0 Å². The van der Waals surface area contributed by atoms with Gasteiger partial charge in [-0.1, -0.05) is 6.07 Å². The molecule has 1 rings (SSSR count). The van der Waals surface area contributed by atoms with Gasteiger partial charge in [0.25, 0.3) is 0 Å². The highest BCUT2D eigenvalue weighted by Crippen LogP contribution is 2.11. The molecule has 0 aliphatic rings. The highest BCUT2D eigenvalue weighted by atomic mass is 16.5. The van der Waals surface area contributed by atoms with Gasteiger partial charge in [0.2, 0.25) is 11.8 Å². The standard InChI is InChI=1S/C14H18N2O4/c1-9(2)15-12(17)8-13(18)16-11-6-4-5-10(7-11)14(19)20-3/h4-7,9H,8H2,1-3H3,(H,15,17)(H,16,18). The number of hydrogen-bond donors (Lipinski definition) is 2. The summed E-state index contributed by atoms with van der Waals surface area (Å²) in [6.07, 6.45) is -0.263. The number of esters is 1. The van der Waals surface area contributed by atoms with Gasteiger partial charge in [-0.25, -0.2) is 4.79 Å². The molecule has 0 bridgehead atoms. The fourth-order valence-electron chi connectivity index (χ4n) is 1.57. The van der Waals surface area contributed by atoms with Crippen LogP contribution in [-0.2, 0) is 14.3 Å². The molecule has 2 amide bonds. The van der Waals surface area contributed by atoms with Crippen molar-refractivity contribution >= 4 is 23.5 Å². The quantitative estimate of drug-likeness (QED) is 0.628. The first kappa shape index (κ1) is 15.7. The summed E-state index contributed by atoms with van der Waals surface area (Å²) in [6, 6.07) is 6.30. The summed E-state index contributed by atoms with van der Waals surface area (Å²) < 4.78 is 4.59. The number of methoxy groups -OCH3 is 1. The van der Waals surface area contributed by atoms with Crippen LogP contribution in [0.2, 0.25) is 0 Å². The third-order valence-electron chi connectivity index (χ3n) is 2.34. The minimum absolute atomic E-state index is 0.0158. The van der Waals surface area contributed by atoms with Crippen LogP contribution >= 0.6 is 0 Å². The van der Waals surface area contributed by atoms with Gasteiger partial charge in [0.15, 0.2) is 0 Å². The van der Waals surface area contributed by atoms with E-state index in [1.54, 1.807) is 18.2 Å². The molecule has 1 aromatic rings. The summed E-state index contributed by atoms with van der Waals surface area (Å²) in [7, 11) is 1.28. The van der Waals surface area contributed by atoms with Gasteiger partial charge in [0, 0.05) is 11.7 Å². The number of benzene rings is 1. The normalized spacial score (nSPS) is 10.0. The molecule has 0 atom stereocenters. The van der Waals surface area contributed by atoms with Gasteiger partial charge in [-0.15, -0.1) is 0 Å². The molecular formula is C14H18N2O4. The molecule has 0 unspecified atom stereocenters. The molecular weight excluding hydrogens is 260 g/mol. The smallest absolute Gasteiger partial charge is 0.337 e. The van der Waals surface area contributed by atoms with E-state index in [0.29, 0.717) is 11.3 Å². The second-order valence-corrected chi connectivity index (χ2v) is 4.52. The van der Waals surface area contributed by atoms with E-state index in [9.17, 15) is 14.4 Å². The van der Waals surface area contributed by atoms with E-state index in [1.165, 1.54) is 13.2 Å². The SMILES string of the molecule is COC(=O)c1cccc(NC(=O)CC(=O)NC(C)C)c1. The maximum Gasteiger partial charge on any atom is 0.337 e. The van der Waals surface area contributed by atoms with Crippen molar-refractivity contribution in [2.45, 2.75) is 26.3 Å². The molecule has 108 valence electrons. The Balaban J connectivity index is 2.62. The summed E-state index contributed by atoms with van der Waals surface area (Å²) in [4.78, 5) is 34.4. The van der Waals surface area contributed by atoms with Crippen molar-refractivity contribution < 1.29 is 19.1 Å². The zero-order valence-electron chi connectivity index (χ0n) is 11.7. The van der Waals surface area contributed by atoms with Gasteiger partial charge in [0.05, 0.1) is 12.7 Å². The Labute approximate surface area is 117 Å². The van der Waals surface area contributed by atoms with Crippen LogP contribution in [0.4, 0.5) is 5.69 Å². The molecule has 0 heterocycles. The van der Waals surface area contributed by atoms with E-state index < -0.39 is 11.9 Å². The second kappa shape index (κ2) is 7.28. The van der Waals surface area contributed by atoms with E-state index in [-0.39, 0.29) is 18.4 Å².